The molecule has 4 unspecified atom stereocenters. The van der Waals surface area contributed by atoms with Gasteiger partial charge in [0.15, 0.2) is 0 Å². The van der Waals surface area contributed by atoms with Gasteiger partial charge in [-0.2, -0.15) is 0 Å². The summed E-state index contributed by atoms with van der Waals surface area (Å²) in [6, 6.07) is 18.2. The number of benzene rings is 2. The number of ether oxygens (including phenoxy) is 1. The topological polar surface area (TPSA) is 14.2 Å². The van der Waals surface area contributed by atoms with Crippen LogP contribution in [0.5, 0.6) is 0 Å². The fraction of sp³-hybridized carbons (Fsp3) is 0.385. The summed E-state index contributed by atoms with van der Waals surface area (Å²) in [5.41, 5.74) is 2.83. The van der Waals surface area contributed by atoms with Gasteiger partial charge in [0, 0.05) is 32.3 Å². The Morgan fingerprint density at radius 1 is 1.03 bits per heavy atom. The van der Waals surface area contributed by atoms with Crippen molar-refractivity contribution in [1.82, 2.24) is 4.57 Å². The van der Waals surface area contributed by atoms with Gasteiger partial charge < -0.3 is 9.30 Å². The van der Waals surface area contributed by atoms with Crippen molar-refractivity contribution in [3.63, 3.8) is 0 Å². The molecule has 0 radical (unpaired) electrons. The maximum absolute atomic E-state index is 6.38. The molecular formula is C26H28BrNO. The number of halogens is 1. The third kappa shape index (κ3) is 3.29. The van der Waals surface area contributed by atoms with E-state index in [0.29, 0.717) is 24.7 Å². The third-order valence-electron chi connectivity index (χ3n) is 7.08. The van der Waals surface area contributed by atoms with Gasteiger partial charge in [0.25, 0.3) is 0 Å². The Bertz CT molecular complexity index is 1060. The number of fused-ring (bicyclic) bond motifs is 4. The molecule has 3 aromatic rings. The predicted molar refractivity (Wildman–Crippen MR) is 125 cm³/mol. The van der Waals surface area contributed by atoms with Crippen molar-refractivity contribution >= 4 is 37.7 Å². The maximum atomic E-state index is 6.38. The molecule has 4 atom stereocenters. The Morgan fingerprint density at radius 3 is 2.38 bits per heavy atom. The number of nitrogens with zero attached hydrogens (tertiary/aromatic N) is 1. The van der Waals surface area contributed by atoms with Crippen LogP contribution in [0, 0.1) is 11.3 Å². The van der Waals surface area contributed by atoms with E-state index >= 15 is 0 Å². The SMILES string of the molecule is CC1CC2OCC=CC(Br)=CCC2(C)CC1n1c2ccccc2c2ccccc21. The Labute approximate surface area is 181 Å². The quantitative estimate of drug-likeness (QED) is 0.377. The Hall–Kier alpha value is -1.84. The standard InChI is InChI=1S/C26H28BrNO/c1-18-16-25-26(2,14-13-19(27)8-7-15-29-25)17-24(18)28-22-11-5-3-9-20(22)21-10-4-6-12-23(21)28/h3-13,18,24-25H,14-17H2,1-2H3. The fourth-order valence-corrected chi connectivity index (χ4v) is 5.81. The summed E-state index contributed by atoms with van der Waals surface area (Å²) in [7, 11) is 0. The van der Waals surface area contributed by atoms with Crippen molar-refractivity contribution in [2.24, 2.45) is 11.3 Å². The van der Waals surface area contributed by atoms with Crippen molar-refractivity contribution in [3.05, 3.63) is 71.2 Å². The first-order valence-electron chi connectivity index (χ1n) is 10.7. The van der Waals surface area contributed by atoms with Crippen LogP contribution < -0.4 is 0 Å². The predicted octanol–water partition coefficient (Wildman–Crippen LogP) is 7.40. The molecule has 0 amide bonds. The number of hydrogen-bond donors (Lipinski definition) is 0. The Kier molecular flexibility index (Phi) is 4.92. The van der Waals surface area contributed by atoms with Crippen LogP contribution in [0.3, 0.4) is 0 Å². The minimum absolute atomic E-state index is 0.120. The smallest absolute Gasteiger partial charge is 0.0654 e. The molecule has 1 fully saturated rings. The van der Waals surface area contributed by atoms with Gasteiger partial charge in [-0.1, -0.05) is 84.4 Å². The molecular weight excluding hydrogens is 422 g/mol. The first-order chi connectivity index (χ1) is 14.1. The van der Waals surface area contributed by atoms with Gasteiger partial charge in [-0.3, -0.25) is 0 Å². The molecule has 2 aromatic carbocycles. The summed E-state index contributed by atoms with van der Waals surface area (Å²) in [5, 5.41) is 2.72. The van der Waals surface area contributed by atoms with Gasteiger partial charge in [-0.05, 0) is 42.7 Å². The van der Waals surface area contributed by atoms with E-state index in [1.807, 2.05) is 0 Å². The molecule has 5 rings (SSSR count). The second-order valence-electron chi connectivity index (χ2n) is 9.06. The van der Waals surface area contributed by atoms with E-state index in [2.05, 4.69) is 101 Å². The van der Waals surface area contributed by atoms with Crippen LogP contribution in [0.15, 0.2) is 71.2 Å². The minimum Gasteiger partial charge on any atom is -0.374 e. The first-order valence-corrected chi connectivity index (χ1v) is 11.5. The van der Waals surface area contributed by atoms with Gasteiger partial charge in [-0.25, -0.2) is 0 Å². The molecule has 2 heterocycles. The van der Waals surface area contributed by atoms with Crippen molar-refractivity contribution in [2.45, 2.75) is 45.3 Å². The van der Waals surface area contributed by atoms with Crippen molar-refractivity contribution in [2.75, 3.05) is 6.61 Å². The second kappa shape index (κ2) is 7.45. The van der Waals surface area contributed by atoms with E-state index in [4.69, 9.17) is 4.74 Å². The van der Waals surface area contributed by atoms with Crippen LogP contribution in [0.25, 0.3) is 21.8 Å². The maximum Gasteiger partial charge on any atom is 0.0654 e. The van der Waals surface area contributed by atoms with Crippen LogP contribution in [-0.2, 0) is 4.74 Å². The van der Waals surface area contributed by atoms with E-state index in [-0.39, 0.29) is 5.41 Å². The summed E-state index contributed by atoms with van der Waals surface area (Å²) < 4.78 is 10.2. The summed E-state index contributed by atoms with van der Waals surface area (Å²) in [4.78, 5) is 0. The summed E-state index contributed by atoms with van der Waals surface area (Å²) >= 11 is 3.69. The molecule has 150 valence electrons. The van der Waals surface area contributed by atoms with E-state index in [1.54, 1.807) is 0 Å². The van der Waals surface area contributed by atoms with Crippen LogP contribution in [0.2, 0.25) is 0 Å². The number of para-hydroxylation sites is 2. The average Bonchev–Trinajstić information content (AvgIpc) is 3.08. The second-order valence-corrected chi connectivity index (χ2v) is 9.98. The van der Waals surface area contributed by atoms with E-state index < -0.39 is 0 Å². The molecule has 1 aliphatic heterocycles. The summed E-state index contributed by atoms with van der Waals surface area (Å²) in [6.07, 6.45) is 10.1. The molecule has 0 bridgehead atoms. The number of rotatable bonds is 1. The van der Waals surface area contributed by atoms with E-state index in [1.165, 1.54) is 21.8 Å². The normalized spacial score (nSPS) is 30.4. The number of allylic oxidation sites excluding steroid dienone is 3. The molecule has 1 saturated carbocycles. The van der Waals surface area contributed by atoms with Crippen LogP contribution in [0.1, 0.15) is 39.2 Å². The zero-order chi connectivity index (χ0) is 20.0. The highest BCUT2D eigenvalue weighted by molar-refractivity contribution is 9.11. The molecule has 0 N–H and O–H groups in total. The van der Waals surface area contributed by atoms with E-state index in [0.717, 1.165) is 23.7 Å². The highest BCUT2D eigenvalue weighted by atomic mass is 79.9. The van der Waals surface area contributed by atoms with Crippen LogP contribution in [-0.4, -0.2) is 17.3 Å². The van der Waals surface area contributed by atoms with Gasteiger partial charge in [0.1, 0.15) is 0 Å². The Morgan fingerprint density at radius 2 is 1.69 bits per heavy atom. The van der Waals surface area contributed by atoms with Crippen molar-refractivity contribution < 1.29 is 4.74 Å². The van der Waals surface area contributed by atoms with Gasteiger partial charge >= 0.3 is 0 Å². The van der Waals surface area contributed by atoms with Gasteiger partial charge in [0.2, 0.25) is 0 Å². The largest absolute Gasteiger partial charge is 0.374 e. The lowest BCUT2D eigenvalue weighted by Gasteiger charge is -2.47. The zero-order valence-electron chi connectivity index (χ0n) is 17.1. The van der Waals surface area contributed by atoms with E-state index in [9.17, 15) is 0 Å². The van der Waals surface area contributed by atoms with Crippen molar-refractivity contribution in [1.29, 1.82) is 0 Å². The molecule has 3 heteroatoms. The highest BCUT2D eigenvalue weighted by Crippen LogP contribution is 2.50. The summed E-state index contributed by atoms with van der Waals surface area (Å²) in [6.45, 7) is 5.52. The number of aromatic nitrogens is 1. The molecule has 0 saturated heterocycles. The summed E-state index contributed by atoms with van der Waals surface area (Å²) in [5.74, 6) is 0.560. The fourth-order valence-electron chi connectivity index (χ4n) is 5.46. The lowest BCUT2D eigenvalue weighted by molar-refractivity contribution is -0.0744. The van der Waals surface area contributed by atoms with Crippen LogP contribution in [0.4, 0.5) is 0 Å². The van der Waals surface area contributed by atoms with Gasteiger partial charge in [-0.15, -0.1) is 0 Å². The highest BCUT2D eigenvalue weighted by Gasteiger charge is 2.44. The average molecular weight is 450 g/mol. The van der Waals surface area contributed by atoms with Gasteiger partial charge in [0.05, 0.1) is 12.7 Å². The minimum atomic E-state index is 0.120. The molecule has 0 spiro atoms. The molecule has 1 aliphatic carbocycles. The lowest BCUT2D eigenvalue weighted by Crippen LogP contribution is -2.44. The van der Waals surface area contributed by atoms with Crippen molar-refractivity contribution in [3.8, 4) is 0 Å². The third-order valence-corrected chi connectivity index (χ3v) is 7.67. The first kappa shape index (κ1) is 19.1. The molecule has 2 aliphatic rings. The molecule has 2 nitrogen and oxygen atoms in total. The lowest BCUT2D eigenvalue weighted by atomic mass is 9.65. The monoisotopic (exact) mass is 449 g/mol. The molecule has 1 aromatic heterocycles. The van der Waals surface area contributed by atoms with Crippen LogP contribution >= 0.6 is 15.9 Å². The number of hydrogen-bond acceptors (Lipinski definition) is 1. The molecule has 29 heavy (non-hydrogen) atoms. The Balaban J connectivity index is 1.63. The zero-order valence-corrected chi connectivity index (χ0v) is 18.7.